The Morgan fingerprint density at radius 1 is 1.21 bits per heavy atom. The maximum atomic E-state index is 12.6. The van der Waals surface area contributed by atoms with Crippen molar-refractivity contribution in [2.24, 2.45) is 22.1 Å². The van der Waals surface area contributed by atoms with Gasteiger partial charge in [-0.1, -0.05) is 41.0 Å². The van der Waals surface area contributed by atoms with E-state index in [0.717, 1.165) is 6.42 Å². The van der Waals surface area contributed by atoms with E-state index in [1.165, 1.54) is 11.3 Å². The van der Waals surface area contributed by atoms with E-state index in [0.29, 0.717) is 22.5 Å². The number of nitrogens with zero attached hydrogens (tertiary/aromatic N) is 2. The molecular weight excluding hydrogens is 464 g/mol. The summed E-state index contributed by atoms with van der Waals surface area (Å²) in [4.78, 5) is 41.3. The van der Waals surface area contributed by atoms with E-state index in [1.807, 2.05) is 34.6 Å². The van der Waals surface area contributed by atoms with E-state index >= 15 is 0 Å². The molecule has 0 unspecified atom stereocenters. The van der Waals surface area contributed by atoms with Gasteiger partial charge in [0.15, 0.2) is 11.5 Å². The van der Waals surface area contributed by atoms with Crippen LogP contribution < -0.4 is 15.9 Å². The van der Waals surface area contributed by atoms with E-state index in [4.69, 9.17) is 10.5 Å². The number of anilines is 1. The summed E-state index contributed by atoms with van der Waals surface area (Å²) in [5.41, 5.74) is 6.79. The van der Waals surface area contributed by atoms with Gasteiger partial charge >= 0.3 is 5.97 Å². The molecule has 0 aliphatic rings. The molecule has 33 heavy (non-hydrogen) atoms. The van der Waals surface area contributed by atoms with Crippen LogP contribution in [0.2, 0.25) is 0 Å². The summed E-state index contributed by atoms with van der Waals surface area (Å²) in [5, 5.41) is 4.58. The van der Waals surface area contributed by atoms with Crippen LogP contribution in [0.5, 0.6) is 0 Å². The number of thiazole rings is 1. The zero-order chi connectivity index (χ0) is 23.9. The third kappa shape index (κ3) is 9.11. The number of carbonyl (C=O) groups excluding carboxylic acids is 3. The Hall–Kier alpha value is -2.49. The summed E-state index contributed by atoms with van der Waals surface area (Å²) >= 11 is 1.26. The molecule has 10 heteroatoms. The summed E-state index contributed by atoms with van der Waals surface area (Å²) in [6.45, 7) is 9.76. The third-order valence-corrected chi connectivity index (χ3v) is 5.63. The molecule has 0 aliphatic carbocycles. The zero-order valence-electron chi connectivity index (χ0n) is 19.7. The number of ether oxygens (including phenoxy) is 1. The number of halogens is 1. The van der Waals surface area contributed by atoms with Crippen LogP contribution >= 0.6 is 23.7 Å². The van der Waals surface area contributed by atoms with E-state index < -0.39 is 17.9 Å². The van der Waals surface area contributed by atoms with Gasteiger partial charge in [-0.25, -0.2) is 0 Å². The molecule has 0 bridgehead atoms. The van der Waals surface area contributed by atoms with Crippen molar-refractivity contribution < 1.29 is 19.1 Å². The highest BCUT2D eigenvalue weighted by Gasteiger charge is 2.21. The second kappa shape index (κ2) is 12.7. The van der Waals surface area contributed by atoms with Gasteiger partial charge in [-0.3, -0.25) is 19.0 Å². The van der Waals surface area contributed by atoms with Crippen LogP contribution in [0.15, 0.2) is 40.8 Å². The van der Waals surface area contributed by atoms with E-state index in [2.05, 4.69) is 10.3 Å². The molecule has 2 atom stereocenters. The minimum atomic E-state index is -0.691. The van der Waals surface area contributed by atoms with Crippen molar-refractivity contribution in [3.05, 3.63) is 46.2 Å². The van der Waals surface area contributed by atoms with E-state index in [1.54, 1.807) is 40.4 Å². The first-order chi connectivity index (χ1) is 15.0. The molecule has 0 saturated heterocycles. The fraction of sp³-hybridized carbons (Fsp3) is 0.478. The van der Waals surface area contributed by atoms with Gasteiger partial charge in [-0.2, -0.15) is 4.99 Å². The van der Waals surface area contributed by atoms with Gasteiger partial charge in [0.2, 0.25) is 5.91 Å². The summed E-state index contributed by atoms with van der Waals surface area (Å²) in [5.74, 6) is -0.985. The molecule has 2 aromatic rings. The number of nitrogens with two attached hydrogens (primary N) is 1. The Morgan fingerprint density at radius 2 is 1.85 bits per heavy atom. The number of rotatable bonds is 8. The minimum absolute atomic E-state index is 0. The molecule has 182 valence electrons. The highest BCUT2D eigenvalue weighted by Crippen LogP contribution is 2.20. The highest BCUT2D eigenvalue weighted by atomic mass is 35.5. The molecule has 2 rings (SSSR count). The molecule has 0 spiro atoms. The van der Waals surface area contributed by atoms with Crippen molar-refractivity contribution in [3.63, 3.8) is 0 Å². The fourth-order valence-corrected chi connectivity index (χ4v) is 3.45. The van der Waals surface area contributed by atoms with Gasteiger partial charge in [-0.05, 0) is 35.6 Å². The van der Waals surface area contributed by atoms with Crippen LogP contribution in [-0.4, -0.2) is 28.4 Å². The minimum Gasteiger partial charge on any atom is -0.443 e. The van der Waals surface area contributed by atoms with Crippen LogP contribution in [0.4, 0.5) is 5.69 Å². The monoisotopic (exact) mass is 496 g/mol. The van der Waals surface area contributed by atoms with Crippen molar-refractivity contribution in [2.75, 3.05) is 5.32 Å². The summed E-state index contributed by atoms with van der Waals surface area (Å²) < 4.78 is 6.85. The predicted molar refractivity (Wildman–Crippen MR) is 132 cm³/mol. The van der Waals surface area contributed by atoms with Crippen molar-refractivity contribution in [3.8, 4) is 0 Å². The molecule has 1 aromatic heterocycles. The number of carbonyl (C=O) groups is 3. The lowest BCUT2D eigenvalue weighted by atomic mass is 9.92. The lowest BCUT2D eigenvalue weighted by molar-refractivity contribution is -0.150. The molecular formula is C23H33ClN4O4S. The van der Waals surface area contributed by atoms with E-state index in [9.17, 15) is 14.4 Å². The largest absolute Gasteiger partial charge is 0.443 e. The van der Waals surface area contributed by atoms with Crippen LogP contribution in [0.25, 0.3) is 0 Å². The standard InChI is InChI=1S/C23H32N4O4S.ClH/c1-6-15(2)19(24)21(30)31-14-27-11-12-32-22(27)26-20(29)16-7-9-17(10-8-16)25-18(28)13-23(3,4)5;/h7-12,15,19H,6,13-14,24H2,1-5H3,(H,25,28);1H/b26-22-;/t15-,19-;/m0./s1. The van der Waals surface area contributed by atoms with Crippen molar-refractivity contribution in [1.29, 1.82) is 0 Å². The maximum Gasteiger partial charge on any atom is 0.324 e. The van der Waals surface area contributed by atoms with Gasteiger partial charge in [0, 0.05) is 29.2 Å². The predicted octanol–water partition coefficient (Wildman–Crippen LogP) is 3.96. The van der Waals surface area contributed by atoms with Gasteiger partial charge in [0.25, 0.3) is 5.91 Å². The van der Waals surface area contributed by atoms with Gasteiger partial charge in [0.05, 0.1) is 0 Å². The van der Waals surface area contributed by atoms with Gasteiger partial charge in [0.1, 0.15) is 6.04 Å². The fourth-order valence-electron chi connectivity index (χ4n) is 2.74. The first-order valence-electron chi connectivity index (χ1n) is 10.6. The Morgan fingerprint density at radius 3 is 2.42 bits per heavy atom. The average molecular weight is 497 g/mol. The van der Waals surface area contributed by atoms with Gasteiger partial charge < -0.3 is 15.8 Å². The van der Waals surface area contributed by atoms with Crippen LogP contribution in [0.3, 0.4) is 0 Å². The summed E-state index contributed by atoms with van der Waals surface area (Å²) in [7, 11) is 0. The lowest BCUT2D eigenvalue weighted by Gasteiger charge is -2.17. The highest BCUT2D eigenvalue weighted by molar-refractivity contribution is 7.07. The third-order valence-electron chi connectivity index (χ3n) is 4.84. The molecule has 0 aliphatic heterocycles. The molecule has 1 heterocycles. The molecule has 0 radical (unpaired) electrons. The molecule has 3 N–H and O–H groups in total. The normalized spacial score (nSPS) is 13.6. The lowest BCUT2D eigenvalue weighted by Crippen LogP contribution is -2.38. The SMILES string of the molecule is CC[C@H](C)[C@H](N)C(=O)OCn1ccs/c1=N\C(=O)c1ccc(NC(=O)CC(C)(C)C)cc1.Cl. The van der Waals surface area contributed by atoms with Crippen LogP contribution in [0.1, 0.15) is 57.8 Å². The summed E-state index contributed by atoms with van der Waals surface area (Å²) in [6, 6.07) is 5.88. The molecule has 1 aromatic carbocycles. The Labute approximate surface area is 204 Å². The quantitative estimate of drug-likeness (QED) is 0.536. The maximum absolute atomic E-state index is 12.6. The van der Waals surface area contributed by atoms with E-state index in [-0.39, 0.29) is 36.4 Å². The van der Waals surface area contributed by atoms with Crippen molar-refractivity contribution in [2.45, 2.75) is 60.2 Å². The number of benzene rings is 1. The Bertz CT molecular complexity index is 1010. The van der Waals surface area contributed by atoms with Crippen LogP contribution in [0, 0.1) is 11.3 Å². The van der Waals surface area contributed by atoms with Crippen LogP contribution in [-0.2, 0) is 21.1 Å². The smallest absolute Gasteiger partial charge is 0.324 e. The van der Waals surface area contributed by atoms with Crippen molar-refractivity contribution in [1.82, 2.24) is 4.57 Å². The Balaban J connectivity index is 0.00000544. The van der Waals surface area contributed by atoms with Crippen molar-refractivity contribution >= 4 is 47.2 Å². The first kappa shape index (κ1) is 28.5. The topological polar surface area (TPSA) is 116 Å². The second-order valence-corrected chi connectivity index (χ2v) is 9.81. The number of nitrogens with one attached hydrogen (secondary N) is 1. The number of esters is 1. The first-order valence-corrected chi connectivity index (χ1v) is 11.4. The molecule has 0 fully saturated rings. The Kier molecular flexibility index (Phi) is 11.0. The molecule has 8 nitrogen and oxygen atoms in total. The number of amides is 2. The molecule has 0 saturated carbocycles. The average Bonchev–Trinajstić information content (AvgIpc) is 3.16. The number of aromatic nitrogens is 1. The summed E-state index contributed by atoms with van der Waals surface area (Å²) in [6.07, 6.45) is 2.86. The molecule has 2 amide bonds. The van der Waals surface area contributed by atoms with Gasteiger partial charge in [-0.15, -0.1) is 23.7 Å². The number of hydrogen-bond donors (Lipinski definition) is 2. The second-order valence-electron chi connectivity index (χ2n) is 8.94. The zero-order valence-corrected chi connectivity index (χ0v) is 21.3. The number of hydrogen-bond acceptors (Lipinski definition) is 6.